The number of urea groups is 1. The molecule has 1 saturated heterocycles. The van der Waals surface area contributed by atoms with Gasteiger partial charge in [0.05, 0.1) is 6.54 Å². The molecule has 0 aromatic carbocycles. The molecular formula is C11H18N4O2. The topological polar surface area (TPSA) is 75.6 Å². The summed E-state index contributed by atoms with van der Waals surface area (Å²) in [6.45, 7) is 6.57. The summed E-state index contributed by atoms with van der Waals surface area (Å²) in [6, 6.07) is 1.63. The largest absolute Gasteiger partial charge is 0.359 e. The molecule has 1 atom stereocenters. The van der Waals surface area contributed by atoms with Crippen molar-refractivity contribution in [3.8, 4) is 0 Å². The SMILES string of the molecule is CN1CC(N)N(c2cc(C(C)(C)C)on2)C1=O. The first-order chi connectivity index (χ1) is 7.80. The number of hydrogen-bond acceptors (Lipinski definition) is 4. The summed E-state index contributed by atoms with van der Waals surface area (Å²) in [4.78, 5) is 14.9. The molecule has 94 valence electrons. The van der Waals surface area contributed by atoms with Crippen LogP contribution < -0.4 is 10.6 Å². The summed E-state index contributed by atoms with van der Waals surface area (Å²) in [7, 11) is 1.72. The van der Waals surface area contributed by atoms with Crippen LogP contribution in [0.15, 0.2) is 10.6 Å². The van der Waals surface area contributed by atoms with Gasteiger partial charge in [0.1, 0.15) is 11.9 Å². The van der Waals surface area contributed by atoms with Crippen LogP contribution in [-0.2, 0) is 5.41 Å². The van der Waals surface area contributed by atoms with Gasteiger partial charge in [0.25, 0.3) is 0 Å². The van der Waals surface area contributed by atoms with Crippen LogP contribution in [0.3, 0.4) is 0 Å². The van der Waals surface area contributed by atoms with Crippen LogP contribution in [0.1, 0.15) is 26.5 Å². The first-order valence-electron chi connectivity index (χ1n) is 5.58. The number of anilines is 1. The van der Waals surface area contributed by atoms with E-state index in [0.717, 1.165) is 5.76 Å². The van der Waals surface area contributed by atoms with Crippen molar-refractivity contribution in [2.75, 3.05) is 18.5 Å². The minimum absolute atomic E-state index is 0.135. The number of rotatable bonds is 1. The van der Waals surface area contributed by atoms with Gasteiger partial charge in [0.2, 0.25) is 0 Å². The van der Waals surface area contributed by atoms with Crippen molar-refractivity contribution >= 4 is 11.8 Å². The fraction of sp³-hybridized carbons (Fsp3) is 0.636. The van der Waals surface area contributed by atoms with Crippen LogP contribution in [0.2, 0.25) is 0 Å². The molecule has 1 fully saturated rings. The van der Waals surface area contributed by atoms with Gasteiger partial charge in [-0.15, -0.1) is 0 Å². The van der Waals surface area contributed by atoms with E-state index in [4.69, 9.17) is 10.3 Å². The zero-order valence-electron chi connectivity index (χ0n) is 10.6. The lowest BCUT2D eigenvalue weighted by Crippen LogP contribution is -2.40. The predicted molar refractivity (Wildman–Crippen MR) is 63.7 cm³/mol. The molecule has 6 heteroatoms. The smallest absolute Gasteiger partial charge is 0.327 e. The summed E-state index contributed by atoms with van der Waals surface area (Å²) in [5.74, 6) is 1.22. The second-order valence-electron chi connectivity index (χ2n) is 5.40. The second-order valence-corrected chi connectivity index (χ2v) is 5.40. The van der Waals surface area contributed by atoms with E-state index in [0.29, 0.717) is 12.4 Å². The highest BCUT2D eigenvalue weighted by atomic mass is 16.5. The van der Waals surface area contributed by atoms with Crippen LogP contribution in [0, 0.1) is 0 Å². The van der Waals surface area contributed by atoms with Crippen LogP contribution in [0.25, 0.3) is 0 Å². The normalized spacial score (nSPS) is 21.5. The maximum Gasteiger partial charge on any atom is 0.327 e. The van der Waals surface area contributed by atoms with Crippen LogP contribution in [0.5, 0.6) is 0 Å². The van der Waals surface area contributed by atoms with Gasteiger partial charge in [0.15, 0.2) is 5.82 Å². The quantitative estimate of drug-likeness (QED) is 0.795. The van der Waals surface area contributed by atoms with E-state index in [1.807, 2.05) is 20.8 Å². The number of amides is 2. The molecule has 0 bridgehead atoms. The van der Waals surface area contributed by atoms with Crippen molar-refractivity contribution in [3.63, 3.8) is 0 Å². The second kappa shape index (κ2) is 3.73. The number of carbonyl (C=O) groups is 1. The van der Waals surface area contributed by atoms with Gasteiger partial charge < -0.3 is 15.2 Å². The molecule has 2 rings (SSSR count). The zero-order valence-corrected chi connectivity index (χ0v) is 10.6. The van der Waals surface area contributed by atoms with E-state index in [9.17, 15) is 4.79 Å². The lowest BCUT2D eigenvalue weighted by Gasteiger charge is -2.16. The minimum Gasteiger partial charge on any atom is -0.359 e. The molecule has 0 saturated carbocycles. The molecule has 1 aliphatic rings. The Morgan fingerprint density at radius 1 is 1.53 bits per heavy atom. The monoisotopic (exact) mass is 238 g/mol. The Hall–Kier alpha value is -1.56. The number of carbonyl (C=O) groups excluding carboxylic acids is 1. The molecule has 2 amide bonds. The average Bonchev–Trinajstić information content (AvgIpc) is 2.73. The van der Waals surface area contributed by atoms with Gasteiger partial charge in [-0.05, 0) is 0 Å². The Bertz CT molecular complexity index is 435. The van der Waals surface area contributed by atoms with Gasteiger partial charge in [-0.2, -0.15) is 0 Å². The molecule has 2 N–H and O–H groups in total. The number of likely N-dealkylation sites (N-methyl/N-ethyl adjacent to an activating group) is 1. The molecule has 0 radical (unpaired) electrons. The third-order valence-corrected chi connectivity index (χ3v) is 2.81. The fourth-order valence-corrected chi connectivity index (χ4v) is 1.77. The zero-order chi connectivity index (χ0) is 12.8. The maximum absolute atomic E-state index is 11.9. The van der Waals surface area contributed by atoms with Crippen molar-refractivity contribution < 1.29 is 9.32 Å². The van der Waals surface area contributed by atoms with Crippen LogP contribution in [0.4, 0.5) is 10.6 Å². The molecule has 0 spiro atoms. The van der Waals surface area contributed by atoms with Crippen molar-refractivity contribution in [1.29, 1.82) is 0 Å². The summed E-state index contributed by atoms with van der Waals surface area (Å²) in [5, 5.41) is 3.92. The molecule has 17 heavy (non-hydrogen) atoms. The summed E-state index contributed by atoms with van der Waals surface area (Å²) < 4.78 is 5.26. The predicted octanol–water partition coefficient (Wildman–Crippen LogP) is 1.13. The molecule has 1 unspecified atom stereocenters. The highest BCUT2D eigenvalue weighted by molar-refractivity contribution is 5.93. The third-order valence-electron chi connectivity index (χ3n) is 2.81. The fourth-order valence-electron chi connectivity index (χ4n) is 1.77. The Labute approximate surface area is 100 Å². The van der Waals surface area contributed by atoms with Gasteiger partial charge >= 0.3 is 6.03 Å². The molecule has 1 aliphatic heterocycles. The third kappa shape index (κ3) is 2.00. The summed E-state index contributed by atoms with van der Waals surface area (Å²) >= 11 is 0. The molecule has 0 aliphatic carbocycles. The van der Waals surface area contributed by atoms with Gasteiger partial charge in [-0.25, -0.2) is 4.79 Å². The lowest BCUT2D eigenvalue weighted by molar-refractivity contribution is 0.229. The molecular weight excluding hydrogens is 220 g/mol. The highest BCUT2D eigenvalue weighted by Gasteiger charge is 2.36. The highest BCUT2D eigenvalue weighted by Crippen LogP contribution is 2.28. The first-order valence-corrected chi connectivity index (χ1v) is 5.58. The Morgan fingerprint density at radius 3 is 2.59 bits per heavy atom. The van der Waals surface area contributed by atoms with E-state index < -0.39 is 0 Å². The van der Waals surface area contributed by atoms with Crippen molar-refractivity contribution in [2.45, 2.75) is 32.4 Å². The van der Waals surface area contributed by atoms with E-state index in [2.05, 4.69) is 5.16 Å². The first kappa shape index (κ1) is 11.9. The summed E-state index contributed by atoms with van der Waals surface area (Å²) in [6.07, 6.45) is -0.370. The van der Waals surface area contributed by atoms with E-state index >= 15 is 0 Å². The van der Waals surface area contributed by atoms with Crippen LogP contribution >= 0.6 is 0 Å². The Kier molecular flexibility index (Phi) is 2.61. The summed E-state index contributed by atoms with van der Waals surface area (Å²) in [5.41, 5.74) is 5.76. The minimum atomic E-state index is -0.370. The van der Waals surface area contributed by atoms with Crippen molar-refractivity contribution in [3.05, 3.63) is 11.8 Å². The Morgan fingerprint density at radius 2 is 2.18 bits per heavy atom. The molecule has 2 heterocycles. The van der Waals surface area contributed by atoms with Crippen molar-refractivity contribution in [1.82, 2.24) is 10.1 Å². The maximum atomic E-state index is 11.9. The van der Waals surface area contributed by atoms with Gasteiger partial charge in [-0.3, -0.25) is 4.90 Å². The van der Waals surface area contributed by atoms with E-state index in [1.54, 1.807) is 18.0 Å². The number of hydrogen-bond donors (Lipinski definition) is 1. The standard InChI is InChI=1S/C11H18N4O2/c1-11(2,3)7-5-9(13-17-7)15-8(12)6-14(4)10(15)16/h5,8H,6,12H2,1-4H3. The Balaban J connectivity index is 2.29. The molecule has 6 nitrogen and oxygen atoms in total. The number of aromatic nitrogens is 1. The van der Waals surface area contributed by atoms with Gasteiger partial charge in [0, 0.05) is 18.5 Å². The number of nitrogens with two attached hydrogens (primary N) is 1. The lowest BCUT2D eigenvalue weighted by atomic mass is 9.93. The van der Waals surface area contributed by atoms with E-state index in [-0.39, 0.29) is 17.6 Å². The van der Waals surface area contributed by atoms with Gasteiger partial charge in [-0.1, -0.05) is 25.9 Å². The van der Waals surface area contributed by atoms with Crippen molar-refractivity contribution in [2.24, 2.45) is 5.73 Å². The molecule has 1 aromatic heterocycles. The molecule has 1 aromatic rings. The van der Waals surface area contributed by atoms with Crippen LogP contribution in [-0.4, -0.2) is 35.8 Å². The number of nitrogens with zero attached hydrogens (tertiary/aromatic N) is 3. The van der Waals surface area contributed by atoms with E-state index in [1.165, 1.54) is 4.90 Å². The average molecular weight is 238 g/mol.